The largest absolute Gasteiger partial charge is 0.465 e. The number of hydrogen-bond donors (Lipinski definition) is 2. The van der Waals surface area contributed by atoms with Crippen molar-refractivity contribution in [1.29, 1.82) is 0 Å². The first kappa shape index (κ1) is 23.4. The minimum absolute atomic E-state index is 0.104. The summed E-state index contributed by atoms with van der Waals surface area (Å²) in [6, 6.07) is 0. The number of carbonyl (C=O) groups excluding carboxylic acids is 3. The van der Waals surface area contributed by atoms with E-state index in [-0.39, 0.29) is 11.0 Å². The zero-order valence-electron chi connectivity index (χ0n) is 18.1. The molecule has 1 aliphatic carbocycles. The van der Waals surface area contributed by atoms with E-state index in [1.807, 2.05) is 6.92 Å². The Kier molecular flexibility index (Phi) is 6.33. The van der Waals surface area contributed by atoms with E-state index in [4.69, 9.17) is 21.1 Å². The van der Waals surface area contributed by atoms with E-state index in [9.17, 15) is 24.6 Å². The van der Waals surface area contributed by atoms with Crippen molar-refractivity contribution < 1.29 is 34.1 Å². The van der Waals surface area contributed by atoms with Crippen molar-refractivity contribution in [2.75, 3.05) is 0 Å². The third-order valence-electron chi connectivity index (χ3n) is 6.44. The van der Waals surface area contributed by atoms with Gasteiger partial charge in [-0.3, -0.25) is 14.4 Å². The van der Waals surface area contributed by atoms with Gasteiger partial charge in [0.1, 0.15) is 11.7 Å². The van der Waals surface area contributed by atoms with Gasteiger partial charge >= 0.3 is 5.97 Å². The topological polar surface area (TPSA) is 110 Å². The number of hydrogen-bond acceptors (Lipinski definition) is 7. The van der Waals surface area contributed by atoms with Crippen LogP contribution in [-0.4, -0.2) is 45.6 Å². The van der Waals surface area contributed by atoms with Crippen LogP contribution >= 0.6 is 11.6 Å². The molecule has 31 heavy (non-hydrogen) atoms. The van der Waals surface area contributed by atoms with Crippen molar-refractivity contribution in [3.05, 3.63) is 46.4 Å². The summed E-state index contributed by atoms with van der Waals surface area (Å²) in [4.78, 5) is 38.8. The van der Waals surface area contributed by atoms with Crippen LogP contribution in [0.4, 0.5) is 0 Å². The molecule has 8 heteroatoms. The lowest BCUT2D eigenvalue weighted by Gasteiger charge is -2.37. The van der Waals surface area contributed by atoms with Gasteiger partial charge in [0.05, 0.1) is 29.4 Å². The molecule has 2 N–H and O–H groups in total. The van der Waals surface area contributed by atoms with Crippen LogP contribution in [0.3, 0.4) is 0 Å². The number of carbonyl (C=O) groups is 3. The predicted molar refractivity (Wildman–Crippen MR) is 112 cm³/mol. The first-order chi connectivity index (χ1) is 14.4. The molecule has 0 unspecified atom stereocenters. The molecule has 3 aliphatic rings. The van der Waals surface area contributed by atoms with Gasteiger partial charge in [0.2, 0.25) is 5.78 Å². The average molecular weight is 451 g/mol. The van der Waals surface area contributed by atoms with Crippen molar-refractivity contribution in [2.45, 2.75) is 52.4 Å². The normalized spacial score (nSPS) is 31.7. The summed E-state index contributed by atoms with van der Waals surface area (Å²) in [6.45, 7) is 7.96. The van der Waals surface area contributed by atoms with Crippen LogP contribution in [0.5, 0.6) is 0 Å². The van der Waals surface area contributed by atoms with Gasteiger partial charge in [-0.25, -0.2) is 0 Å². The van der Waals surface area contributed by atoms with Gasteiger partial charge in [0.15, 0.2) is 11.4 Å². The van der Waals surface area contributed by atoms with Gasteiger partial charge in [-0.05, 0) is 32.9 Å². The zero-order chi connectivity index (χ0) is 23.2. The molecular formula is C23H27ClO7. The lowest BCUT2D eigenvalue weighted by molar-refractivity contribution is -0.157. The van der Waals surface area contributed by atoms with Gasteiger partial charge in [-0.1, -0.05) is 31.5 Å². The molecule has 0 bridgehead atoms. The first-order valence-electron chi connectivity index (χ1n) is 10.2. The summed E-state index contributed by atoms with van der Waals surface area (Å²) in [5.41, 5.74) is -0.839. The van der Waals surface area contributed by atoms with Crippen LogP contribution < -0.4 is 0 Å². The lowest BCUT2D eigenvalue weighted by Crippen LogP contribution is -2.48. The number of rotatable bonds is 6. The fourth-order valence-corrected chi connectivity index (χ4v) is 4.33. The number of allylic oxidation sites excluding steroid dienone is 3. The molecule has 0 spiro atoms. The highest BCUT2D eigenvalue weighted by molar-refractivity contribution is 6.45. The number of halogens is 1. The average Bonchev–Trinajstić information content (AvgIpc) is 3.00. The van der Waals surface area contributed by atoms with E-state index in [1.54, 1.807) is 25.2 Å². The maximum absolute atomic E-state index is 13.1. The highest BCUT2D eigenvalue weighted by Crippen LogP contribution is 2.52. The monoisotopic (exact) mass is 450 g/mol. The second-order valence-electron chi connectivity index (χ2n) is 8.67. The van der Waals surface area contributed by atoms with E-state index < -0.39 is 53.1 Å². The third kappa shape index (κ3) is 3.90. The standard InChI is InChI=1S/C23H27ClO7/c1-10(12(3)25)6-7-14-8-15-16(9-30-14)18-17(20(27)11(2)13(4)26)22(29)31-23(18,5)21(28)19(15)24/h6-13,17-18,25-26H,1-5H3/t10-,11+,12-,13+,17-,18-,23+/m1/s1. The van der Waals surface area contributed by atoms with Gasteiger partial charge in [0.25, 0.3) is 0 Å². The van der Waals surface area contributed by atoms with Crippen molar-refractivity contribution in [3.8, 4) is 0 Å². The second-order valence-corrected chi connectivity index (χ2v) is 9.05. The van der Waals surface area contributed by atoms with Crippen molar-refractivity contribution in [3.63, 3.8) is 0 Å². The molecular weight excluding hydrogens is 424 g/mol. The van der Waals surface area contributed by atoms with E-state index in [1.165, 1.54) is 27.0 Å². The summed E-state index contributed by atoms with van der Waals surface area (Å²) in [6.07, 6.45) is 4.87. The maximum atomic E-state index is 13.1. The van der Waals surface area contributed by atoms with Gasteiger partial charge in [-0.2, -0.15) is 0 Å². The summed E-state index contributed by atoms with van der Waals surface area (Å²) >= 11 is 6.37. The van der Waals surface area contributed by atoms with Gasteiger partial charge < -0.3 is 19.7 Å². The molecule has 2 heterocycles. The Labute approximate surface area is 186 Å². The Hall–Kier alpha value is -2.22. The minimum atomic E-state index is -1.63. The van der Waals surface area contributed by atoms with Gasteiger partial charge in [-0.15, -0.1) is 0 Å². The van der Waals surface area contributed by atoms with E-state index in [0.29, 0.717) is 16.9 Å². The molecule has 0 amide bonds. The molecule has 7 atom stereocenters. The van der Waals surface area contributed by atoms with Gasteiger partial charge in [0, 0.05) is 23.0 Å². The van der Waals surface area contributed by atoms with Crippen LogP contribution in [0.25, 0.3) is 0 Å². The molecule has 1 saturated heterocycles. The molecule has 3 rings (SSSR count). The Morgan fingerprint density at radius 2 is 1.84 bits per heavy atom. The maximum Gasteiger partial charge on any atom is 0.318 e. The summed E-state index contributed by atoms with van der Waals surface area (Å²) in [7, 11) is 0. The van der Waals surface area contributed by atoms with E-state index >= 15 is 0 Å². The minimum Gasteiger partial charge on any atom is -0.465 e. The predicted octanol–water partition coefficient (Wildman–Crippen LogP) is 2.57. The summed E-state index contributed by atoms with van der Waals surface area (Å²) in [5, 5.41) is 19.4. The van der Waals surface area contributed by atoms with E-state index in [2.05, 4.69) is 0 Å². The molecule has 7 nitrogen and oxygen atoms in total. The Bertz CT molecular complexity index is 940. The highest BCUT2D eigenvalue weighted by Gasteiger charge is 2.64. The molecule has 168 valence electrons. The lowest BCUT2D eigenvalue weighted by atomic mass is 9.66. The molecule has 0 radical (unpaired) electrons. The number of ketones is 2. The van der Waals surface area contributed by atoms with Crippen molar-refractivity contribution >= 4 is 29.1 Å². The van der Waals surface area contributed by atoms with Crippen LogP contribution in [0.1, 0.15) is 34.6 Å². The molecule has 0 saturated carbocycles. The molecule has 0 aromatic carbocycles. The van der Waals surface area contributed by atoms with Crippen molar-refractivity contribution in [2.24, 2.45) is 23.7 Å². The smallest absolute Gasteiger partial charge is 0.318 e. The van der Waals surface area contributed by atoms with Crippen LogP contribution in [-0.2, 0) is 23.9 Å². The fraction of sp³-hybridized carbons (Fsp3) is 0.522. The van der Waals surface area contributed by atoms with Crippen LogP contribution in [0, 0.1) is 23.7 Å². The number of ether oxygens (including phenoxy) is 2. The Balaban J connectivity index is 2.03. The Morgan fingerprint density at radius 3 is 2.42 bits per heavy atom. The number of aliphatic hydroxyl groups is 2. The van der Waals surface area contributed by atoms with E-state index in [0.717, 1.165) is 0 Å². The SMILES string of the molecule is C[C@H](O)[C@H](C)C(=O)[C@@H]1C(=O)O[C@]2(C)C(=O)C(Cl)=C3C=C(C=C[C@@H](C)[C@@H](C)O)OC=C3[C@H]12. The number of esters is 1. The fourth-order valence-electron chi connectivity index (χ4n) is 3.98. The molecule has 0 aromatic heterocycles. The van der Waals surface area contributed by atoms with Crippen molar-refractivity contribution in [1.82, 2.24) is 0 Å². The quantitative estimate of drug-likeness (QED) is 0.472. The zero-order valence-corrected chi connectivity index (χ0v) is 18.8. The molecule has 0 aromatic rings. The third-order valence-corrected chi connectivity index (χ3v) is 6.81. The van der Waals surface area contributed by atoms with Crippen LogP contribution in [0.15, 0.2) is 46.4 Å². The first-order valence-corrected chi connectivity index (χ1v) is 10.6. The number of fused-ring (bicyclic) bond motifs is 3. The second kappa shape index (κ2) is 8.37. The Morgan fingerprint density at radius 1 is 1.19 bits per heavy atom. The molecule has 2 aliphatic heterocycles. The summed E-state index contributed by atoms with van der Waals surface area (Å²) in [5.74, 6) is -4.62. The number of aliphatic hydroxyl groups excluding tert-OH is 2. The molecule has 1 fully saturated rings. The number of Topliss-reactive ketones (excluding diaryl/α,β-unsaturated/α-hetero) is 2. The highest BCUT2D eigenvalue weighted by atomic mass is 35.5. The summed E-state index contributed by atoms with van der Waals surface area (Å²) < 4.78 is 11.1. The van der Waals surface area contributed by atoms with Crippen LogP contribution in [0.2, 0.25) is 0 Å².